The predicted molar refractivity (Wildman–Crippen MR) is 154 cm³/mol. The molecule has 3 aromatic heterocycles. The van der Waals surface area contributed by atoms with Gasteiger partial charge < -0.3 is 57.1 Å². The number of nitrogen functional groups attached to an aromatic ring is 2. The van der Waals surface area contributed by atoms with Gasteiger partial charge in [0.1, 0.15) is 6.29 Å². The molecule has 3 rings (SSSR count). The number of aromatic hydroxyl groups is 1. The van der Waals surface area contributed by atoms with Crippen LogP contribution in [-0.4, -0.2) is 80.9 Å². The number of nitrogens with one attached hydrogen (secondary N) is 4. The number of H-pyrrole nitrogens is 2. The monoisotopic (exact) mass is 673 g/mol. The Balaban J connectivity index is -0.000000253. The SMILES string of the molecule is CCOC(=O)C(CC=O)C(=O)OCC.C[O-].Cl.N=C(N)N.Nc1nc(O)c(NC=O)c(=O)[nH]1.Nc1nc2ocnc2c(=O)[nH]1.[Na+]. The molecule has 0 atom stereocenters. The summed E-state index contributed by atoms with van der Waals surface area (Å²) in [5.74, 6) is -3.67. The van der Waals surface area contributed by atoms with Crippen molar-refractivity contribution in [1.29, 1.82) is 5.41 Å². The quantitative estimate of drug-likeness (QED) is 0.0268. The van der Waals surface area contributed by atoms with Crippen LogP contribution in [0.25, 0.3) is 11.2 Å². The number of hydrogen-bond acceptors (Lipinski definition) is 17. The predicted octanol–water partition coefficient (Wildman–Crippen LogP) is -6.32. The molecule has 246 valence electrons. The van der Waals surface area contributed by atoms with Crippen LogP contribution in [0.5, 0.6) is 5.88 Å². The average Bonchev–Trinajstić information content (AvgIpc) is 3.40. The number of guanidine groups is 1. The van der Waals surface area contributed by atoms with Gasteiger partial charge >= 0.3 is 41.5 Å². The van der Waals surface area contributed by atoms with Gasteiger partial charge in [-0.25, -0.2) is 4.98 Å². The standard InChI is InChI=1S/C9H14O5.C5H6N4O3.C5H4N4O2.CH5N3.CH3O.ClH.Na/c1-3-13-8(11)7(5-6-10)9(12)14-4-2;6-5-8-3(11)2(7-1-10)4(12)9-5;6-5-8-3(10)2-4(9-5)11-1-7-2;2-1(3)4;1-2;;/h6-7H,3-5H2,1-2H3;1H,(H,7,10)(H4,6,8,9,11,12);1H,(H3,6,8,9,10);(H5,2,3,4);1H3;1H;/q;;;;-1;;+1. The summed E-state index contributed by atoms with van der Waals surface area (Å²) >= 11 is 0. The number of hydrogen-bond donors (Lipinski definition) is 9. The van der Waals surface area contributed by atoms with Gasteiger partial charge in [-0.2, -0.15) is 17.1 Å². The molecule has 0 aliphatic heterocycles. The Bertz CT molecular complexity index is 1430. The van der Waals surface area contributed by atoms with Crippen LogP contribution in [0.4, 0.5) is 17.6 Å². The molecule has 13 N–H and O–H groups in total. The number of nitrogens with two attached hydrogens (primary N) is 4. The number of nitrogens with zero attached hydrogens (tertiary/aromatic N) is 3. The zero-order chi connectivity index (χ0) is 33.5. The van der Waals surface area contributed by atoms with Gasteiger partial charge in [0.25, 0.3) is 16.8 Å². The summed E-state index contributed by atoms with van der Waals surface area (Å²) in [5, 5.41) is 25.3. The van der Waals surface area contributed by atoms with Gasteiger partial charge in [-0.3, -0.25) is 39.3 Å². The second-order valence-corrected chi connectivity index (χ2v) is 6.78. The van der Waals surface area contributed by atoms with E-state index in [4.69, 9.17) is 31.5 Å². The largest absolute Gasteiger partial charge is 1.00 e. The van der Waals surface area contributed by atoms with Crippen LogP contribution in [0.2, 0.25) is 0 Å². The van der Waals surface area contributed by atoms with Crippen molar-refractivity contribution >= 4 is 71.8 Å². The van der Waals surface area contributed by atoms with Crippen LogP contribution in [0.3, 0.4) is 0 Å². The number of aromatic amines is 2. The molecule has 3 aromatic rings. The smallest absolute Gasteiger partial charge is 0.857 e. The number of aldehydes is 1. The van der Waals surface area contributed by atoms with E-state index in [9.17, 15) is 28.8 Å². The zero-order valence-corrected chi connectivity index (χ0v) is 27.3. The number of oxazole rings is 1. The fraction of sp³-hybridized carbons (Fsp3) is 0.333. The van der Waals surface area contributed by atoms with Crippen molar-refractivity contribution in [2.24, 2.45) is 17.4 Å². The number of amides is 1. The van der Waals surface area contributed by atoms with Crippen molar-refractivity contribution in [1.82, 2.24) is 24.9 Å². The average molecular weight is 674 g/mol. The number of ether oxygens (including phenoxy) is 2. The second-order valence-electron chi connectivity index (χ2n) is 6.78. The van der Waals surface area contributed by atoms with Crippen LogP contribution in [-0.2, 0) is 28.7 Å². The van der Waals surface area contributed by atoms with Gasteiger partial charge in [0, 0.05) is 6.42 Å². The van der Waals surface area contributed by atoms with Gasteiger partial charge in [0.15, 0.2) is 29.5 Å². The summed E-state index contributed by atoms with van der Waals surface area (Å²) in [6.45, 7) is 3.60. The number of esters is 2. The number of carbonyl (C=O) groups excluding carboxylic acids is 4. The molecule has 24 heteroatoms. The maximum Gasteiger partial charge on any atom is 1.00 e. The molecule has 3 heterocycles. The van der Waals surface area contributed by atoms with Gasteiger partial charge in [0.05, 0.1) is 13.2 Å². The first-order valence-electron chi connectivity index (χ1n) is 11.5. The normalized spacial score (nSPS) is 8.73. The number of aromatic nitrogens is 5. The van der Waals surface area contributed by atoms with Crippen molar-refractivity contribution < 1.29 is 72.8 Å². The molecule has 0 fully saturated rings. The Morgan fingerprint density at radius 1 is 1.07 bits per heavy atom. The van der Waals surface area contributed by atoms with Crippen molar-refractivity contribution in [3.05, 3.63) is 27.1 Å². The Hall–Kier alpha value is -4.77. The van der Waals surface area contributed by atoms with E-state index in [-0.39, 0.29) is 108 Å². The van der Waals surface area contributed by atoms with Crippen molar-refractivity contribution in [3.63, 3.8) is 0 Å². The first-order valence-corrected chi connectivity index (χ1v) is 11.5. The van der Waals surface area contributed by atoms with E-state index >= 15 is 0 Å². The molecule has 0 aromatic carbocycles. The Labute approximate surface area is 281 Å². The van der Waals surface area contributed by atoms with E-state index in [1.165, 1.54) is 0 Å². The van der Waals surface area contributed by atoms with Gasteiger partial charge in [-0.15, -0.1) is 12.4 Å². The maximum atomic E-state index is 11.2. The van der Waals surface area contributed by atoms with Gasteiger partial charge in [-0.05, 0) is 13.8 Å². The molecule has 0 spiro atoms. The van der Waals surface area contributed by atoms with E-state index in [2.05, 4.69) is 45.9 Å². The molecular formula is C21H33ClN11NaO11. The minimum Gasteiger partial charge on any atom is -0.857 e. The molecule has 0 saturated carbocycles. The maximum absolute atomic E-state index is 11.2. The third-order valence-corrected chi connectivity index (χ3v) is 3.82. The molecular weight excluding hydrogens is 641 g/mol. The minimum absolute atomic E-state index is 0. The Morgan fingerprint density at radius 3 is 1.96 bits per heavy atom. The molecule has 22 nitrogen and oxygen atoms in total. The van der Waals surface area contributed by atoms with E-state index in [0.717, 1.165) is 13.5 Å². The molecule has 0 radical (unpaired) electrons. The van der Waals surface area contributed by atoms with Crippen LogP contribution >= 0.6 is 12.4 Å². The summed E-state index contributed by atoms with van der Waals surface area (Å²) in [5.41, 5.74) is 18.2. The van der Waals surface area contributed by atoms with Crippen molar-refractivity contribution in [3.8, 4) is 5.88 Å². The van der Waals surface area contributed by atoms with E-state index in [1.54, 1.807) is 13.8 Å². The van der Waals surface area contributed by atoms with Crippen LogP contribution in [0, 0.1) is 11.3 Å². The van der Waals surface area contributed by atoms with E-state index in [1.807, 2.05) is 5.32 Å². The minimum atomic E-state index is -1.12. The molecule has 0 unspecified atom stereocenters. The number of carbonyl (C=O) groups is 4. The fourth-order valence-corrected chi connectivity index (χ4v) is 2.33. The Morgan fingerprint density at radius 2 is 1.53 bits per heavy atom. The number of anilines is 3. The first-order chi connectivity index (χ1) is 20.3. The van der Waals surface area contributed by atoms with Crippen LogP contribution in [0.1, 0.15) is 20.3 Å². The topological polar surface area (TPSA) is 388 Å². The Kier molecular flexibility index (Phi) is 28.1. The summed E-state index contributed by atoms with van der Waals surface area (Å²) in [4.78, 5) is 79.3. The molecule has 0 aliphatic carbocycles. The summed E-state index contributed by atoms with van der Waals surface area (Å²) < 4.78 is 14.0. The number of halogens is 1. The van der Waals surface area contributed by atoms with Crippen LogP contribution in [0.15, 0.2) is 20.4 Å². The third-order valence-electron chi connectivity index (χ3n) is 3.82. The zero-order valence-electron chi connectivity index (χ0n) is 24.5. The molecule has 1 amide bonds. The number of fused-ring (bicyclic) bond motifs is 1. The second kappa shape index (κ2) is 26.8. The number of rotatable bonds is 8. The molecule has 0 aliphatic rings. The van der Waals surface area contributed by atoms with Gasteiger partial charge in [-0.1, -0.05) is 0 Å². The molecule has 0 saturated heterocycles. The first kappa shape index (κ1) is 47.2. The van der Waals surface area contributed by atoms with Crippen molar-refractivity contribution in [2.75, 3.05) is 37.1 Å². The van der Waals surface area contributed by atoms with Crippen molar-refractivity contribution in [2.45, 2.75) is 20.3 Å². The van der Waals surface area contributed by atoms with E-state index < -0.39 is 29.3 Å². The molecule has 0 bridgehead atoms. The summed E-state index contributed by atoms with van der Waals surface area (Å²) in [6.07, 6.45) is 1.70. The van der Waals surface area contributed by atoms with Crippen LogP contribution < -0.4 is 74.0 Å². The fourth-order valence-electron chi connectivity index (χ4n) is 2.33. The summed E-state index contributed by atoms with van der Waals surface area (Å²) in [6, 6.07) is 0. The van der Waals surface area contributed by atoms with E-state index in [0.29, 0.717) is 6.29 Å². The third kappa shape index (κ3) is 19.2. The van der Waals surface area contributed by atoms with Gasteiger partial charge in [0.2, 0.25) is 24.2 Å². The molecule has 45 heavy (non-hydrogen) atoms. The summed E-state index contributed by atoms with van der Waals surface area (Å²) in [7, 11) is 0.750.